The van der Waals surface area contributed by atoms with E-state index in [1.54, 1.807) is 13.3 Å². The van der Waals surface area contributed by atoms with Crippen LogP contribution in [0.1, 0.15) is 5.56 Å². The van der Waals surface area contributed by atoms with Crippen molar-refractivity contribution in [2.75, 3.05) is 46.8 Å². The Morgan fingerprint density at radius 2 is 1.68 bits per heavy atom. The van der Waals surface area contributed by atoms with Crippen molar-refractivity contribution in [1.29, 1.82) is 0 Å². The summed E-state index contributed by atoms with van der Waals surface area (Å²) in [5, 5.41) is 0.174. The number of hydrogen-bond acceptors (Lipinski definition) is 6. The summed E-state index contributed by atoms with van der Waals surface area (Å²) in [6, 6.07) is 0. The highest BCUT2D eigenvalue weighted by Gasteiger charge is 2.03. The molecule has 1 aromatic heterocycles. The third-order valence-electron chi connectivity index (χ3n) is 2.17. The standard InChI is InChI=1S/C12H19ClN2O4/c1-10-9-14-12(13)15-11(10)19-8-7-18-6-5-17-4-3-16-2/h9H,3-8H2,1-2H3. The molecule has 0 amide bonds. The number of halogens is 1. The Kier molecular flexibility index (Phi) is 8.40. The summed E-state index contributed by atoms with van der Waals surface area (Å²) < 4.78 is 20.9. The quantitative estimate of drug-likeness (QED) is 0.481. The molecule has 0 bridgehead atoms. The highest BCUT2D eigenvalue weighted by Crippen LogP contribution is 2.14. The van der Waals surface area contributed by atoms with Crippen LogP contribution in [0.4, 0.5) is 0 Å². The van der Waals surface area contributed by atoms with Gasteiger partial charge in [-0.25, -0.2) is 4.98 Å². The first kappa shape index (κ1) is 16.1. The summed E-state index contributed by atoms with van der Waals surface area (Å²) in [4.78, 5) is 7.83. The van der Waals surface area contributed by atoms with Gasteiger partial charge in [0.15, 0.2) is 0 Å². The molecule has 0 fully saturated rings. The molecular formula is C12H19ClN2O4. The molecule has 0 saturated carbocycles. The van der Waals surface area contributed by atoms with E-state index in [9.17, 15) is 0 Å². The lowest BCUT2D eigenvalue weighted by Crippen LogP contribution is -2.13. The average Bonchev–Trinajstić information content (AvgIpc) is 2.40. The smallest absolute Gasteiger partial charge is 0.225 e. The lowest BCUT2D eigenvalue weighted by Gasteiger charge is -2.08. The van der Waals surface area contributed by atoms with Crippen molar-refractivity contribution < 1.29 is 18.9 Å². The van der Waals surface area contributed by atoms with Gasteiger partial charge in [-0.2, -0.15) is 4.98 Å². The molecule has 1 rings (SSSR count). The fourth-order valence-corrected chi connectivity index (χ4v) is 1.34. The van der Waals surface area contributed by atoms with E-state index in [0.717, 1.165) is 5.56 Å². The molecule has 7 heteroatoms. The molecule has 0 aliphatic heterocycles. The second kappa shape index (κ2) is 9.91. The molecule has 6 nitrogen and oxygen atoms in total. The molecule has 0 atom stereocenters. The maximum Gasteiger partial charge on any atom is 0.225 e. The van der Waals surface area contributed by atoms with Gasteiger partial charge in [0.2, 0.25) is 11.2 Å². The van der Waals surface area contributed by atoms with Crippen molar-refractivity contribution in [2.24, 2.45) is 0 Å². The van der Waals surface area contributed by atoms with E-state index in [4.69, 9.17) is 30.5 Å². The summed E-state index contributed by atoms with van der Waals surface area (Å²) in [6.07, 6.45) is 1.62. The molecule has 0 N–H and O–H groups in total. The lowest BCUT2D eigenvalue weighted by molar-refractivity contribution is 0.0176. The van der Waals surface area contributed by atoms with Crippen LogP contribution < -0.4 is 4.74 Å². The van der Waals surface area contributed by atoms with Gasteiger partial charge in [0, 0.05) is 18.9 Å². The molecule has 0 unspecified atom stereocenters. The highest BCUT2D eigenvalue weighted by atomic mass is 35.5. The monoisotopic (exact) mass is 290 g/mol. The molecule has 0 spiro atoms. The molecule has 0 radical (unpaired) electrons. The minimum atomic E-state index is 0.174. The number of nitrogens with zero attached hydrogens (tertiary/aromatic N) is 2. The summed E-state index contributed by atoms with van der Waals surface area (Å²) in [5.74, 6) is 0.486. The Morgan fingerprint density at radius 1 is 1.05 bits per heavy atom. The van der Waals surface area contributed by atoms with Gasteiger partial charge >= 0.3 is 0 Å². The lowest BCUT2D eigenvalue weighted by atomic mass is 10.4. The van der Waals surface area contributed by atoms with Gasteiger partial charge in [-0.05, 0) is 18.5 Å². The SMILES string of the molecule is COCCOCCOCCOc1nc(Cl)ncc1C. The van der Waals surface area contributed by atoms with Gasteiger partial charge in [0.25, 0.3) is 0 Å². The Hall–Kier alpha value is -0.950. The summed E-state index contributed by atoms with van der Waals surface area (Å²) in [6.45, 7) is 4.97. The van der Waals surface area contributed by atoms with Gasteiger partial charge in [-0.15, -0.1) is 0 Å². The summed E-state index contributed by atoms with van der Waals surface area (Å²) >= 11 is 5.68. The normalized spacial score (nSPS) is 10.7. The van der Waals surface area contributed by atoms with Crippen LogP contribution in [0.2, 0.25) is 5.28 Å². The fourth-order valence-electron chi connectivity index (χ4n) is 1.21. The number of ether oxygens (including phenoxy) is 4. The summed E-state index contributed by atoms with van der Waals surface area (Å²) in [5.41, 5.74) is 0.840. The molecule has 19 heavy (non-hydrogen) atoms. The van der Waals surface area contributed by atoms with Gasteiger partial charge in [-0.3, -0.25) is 0 Å². The maximum atomic E-state index is 5.68. The Balaban J connectivity index is 2.03. The molecule has 0 aliphatic rings. The average molecular weight is 291 g/mol. The van der Waals surface area contributed by atoms with Crippen molar-refractivity contribution in [2.45, 2.75) is 6.92 Å². The number of rotatable bonds is 10. The van der Waals surface area contributed by atoms with E-state index in [-0.39, 0.29) is 5.28 Å². The van der Waals surface area contributed by atoms with Gasteiger partial charge < -0.3 is 18.9 Å². The maximum absolute atomic E-state index is 5.68. The minimum Gasteiger partial charge on any atom is -0.475 e. The molecular weight excluding hydrogens is 272 g/mol. The van der Waals surface area contributed by atoms with Crippen LogP contribution in [0.3, 0.4) is 0 Å². The number of aryl methyl sites for hydroxylation is 1. The van der Waals surface area contributed by atoms with E-state index in [1.165, 1.54) is 0 Å². The van der Waals surface area contributed by atoms with Crippen molar-refractivity contribution in [3.63, 3.8) is 0 Å². The van der Waals surface area contributed by atoms with Crippen molar-refractivity contribution >= 4 is 11.6 Å². The number of aromatic nitrogens is 2. The van der Waals surface area contributed by atoms with Crippen LogP contribution in [0.15, 0.2) is 6.20 Å². The van der Waals surface area contributed by atoms with Crippen LogP contribution in [0.25, 0.3) is 0 Å². The molecule has 1 heterocycles. The van der Waals surface area contributed by atoms with Crippen molar-refractivity contribution in [3.05, 3.63) is 17.0 Å². The highest BCUT2D eigenvalue weighted by molar-refractivity contribution is 6.28. The predicted molar refractivity (Wildman–Crippen MR) is 70.8 cm³/mol. The Bertz CT molecular complexity index is 366. The second-order valence-electron chi connectivity index (χ2n) is 3.69. The fraction of sp³-hybridized carbons (Fsp3) is 0.667. The van der Waals surface area contributed by atoms with Crippen LogP contribution in [-0.4, -0.2) is 56.7 Å². The van der Waals surface area contributed by atoms with Gasteiger partial charge in [0.1, 0.15) is 6.61 Å². The van der Waals surface area contributed by atoms with Crippen LogP contribution in [0, 0.1) is 6.92 Å². The molecule has 1 aromatic rings. The zero-order valence-electron chi connectivity index (χ0n) is 11.2. The van der Waals surface area contributed by atoms with Crippen molar-refractivity contribution in [1.82, 2.24) is 9.97 Å². The van der Waals surface area contributed by atoms with Gasteiger partial charge in [-0.1, -0.05) is 0 Å². The zero-order valence-corrected chi connectivity index (χ0v) is 12.0. The topological polar surface area (TPSA) is 62.7 Å². The van der Waals surface area contributed by atoms with E-state index in [0.29, 0.717) is 45.5 Å². The second-order valence-corrected chi connectivity index (χ2v) is 4.03. The number of methoxy groups -OCH3 is 1. The zero-order chi connectivity index (χ0) is 13.9. The van der Waals surface area contributed by atoms with Crippen LogP contribution in [-0.2, 0) is 14.2 Å². The number of hydrogen-bond donors (Lipinski definition) is 0. The Labute approximate surface area is 118 Å². The molecule has 108 valence electrons. The third-order valence-corrected chi connectivity index (χ3v) is 2.35. The van der Waals surface area contributed by atoms with E-state index in [1.807, 2.05) is 6.92 Å². The van der Waals surface area contributed by atoms with Crippen LogP contribution in [0.5, 0.6) is 5.88 Å². The minimum absolute atomic E-state index is 0.174. The largest absolute Gasteiger partial charge is 0.475 e. The molecule has 0 aromatic carbocycles. The first-order chi connectivity index (χ1) is 9.24. The van der Waals surface area contributed by atoms with Crippen molar-refractivity contribution in [3.8, 4) is 5.88 Å². The van der Waals surface area contributed by atoms with Crippen LogP contribution >= 0.6 is 11.6 Å². The predicted octanol–water partition coefficient (Wildman–Crippen LogP) is 1.50. The van der Waals surface area contributed by atoms with E-state index >= 15 is 0 Å². The van der Waals surface area contributed by atoms with E-state index < -0.39 is 0 Å². The van der Waals surface area contributed by atoms with E-state index in [2.05, 4.69) is 9.97 Å². The first-order valence-electron chi connectivity index (χ1n) is 6.00. The Morgan fingerprint density at radius 3 is 2.37 bits per heavy atom. The molecule has 0 saturated heterocycles. The first-order valence-corrected chi connectivity index (χ1v) is 6.38. The third kappa shape index (κ3) is 7.27. The molecule has 0 aliphatic carbocycles. The summed E-state index contributed by atoms with van der Waals surface area (Å²) in [7, 11) is 1.64. The van der Waals surface area contributed by atoms with Gasteiger partial charge in [0.05, 0.1) is 33.0 Å².